The van der Waals surface area contributed by atoms with E-state index in [1.54, 1.807) is 0 Å². The highest BCUT2D eigenvalue weighted by Crippen LogP contribution is 2.23. The van der Waals surface area contributed by atoms with Crippen LogP contribution in [0.1, 0.15) is 51.7 Å². The Balaban J connectivity index is 2.99. The molecular weight excluding hydrogens is 262 g/mol. The highest BCUT2D eigenvalue weighted by Gasteiger charge is 2.38. The maximum Gasteiger partial charge on any atom is 0.324 e. The summed E-state index contributed by atoms with van der Waals surface area (Å²) in [5, 5.41) is 9.78. The Bertz CT molecular complexity index is 435. The number of aryl methyl sites for hydroxylation is 1. The fourth-order valence-electron chi connectivity index (χ4n) is 2.76. The van der Waals surface area contributed by atoms with Gasteiger partial charge in [-0.05, 0) is 50.4 Å². The Morgan fingerprint density at radius 1 is 1.05 bits per heavy atom. The predicted molar refractivity (Wildman–Crippen MR) is 87.7 cm³/mol. The van der Waals surface area contributed by atoms with Gasteiger partial charge in [-0.25, -0.2) is 0 Å². The summed E-state index contributed by atoms with van der Waals surface area (Å²) >= 11 is 0. The Morgan fingerprint density at radius 3 is 1.90 bits per heavy atom. The number of carboxylic acid groups (broad SMARTS) is 1. The van der Waals surface area contributed by atoms with Gasteiger partial charge in [-0.1, -0.05) is 45.0 Å². The first-order chi connectivity index (χ1) is 9.97. The fraction of sp³-hybridized carbons (Fsp3) is 0.611. The van der Waals surface area contributed by atoms with Crippen molar-refractivity contribution in [3.8, 4) is 0 Å². The molecule has 3 nitrogen and oxygen atoms in total. The van der Waals surface area contributed by atoms with Crippen molar-refractivity contribution in [1.29, 1.82) is 0 Å². The van der Waals surface area contributed by atoms with Crippen molar-refractivity contribution < 1.29 is 9.90 Å². The van der Waals surface area contributed by atoms with E-state index in [-0.39, 0.29) is 0 Å². The normalized spacial score (nSPS) is 14.1. The summed E-state index contributed by atoms with van der Waals surface area (Å²) in [5.41, 5.74) is 1.55. The molecule has 0 saturated heterocycles. The Kier molecular flexibility index (Phi) is 6.90. The van der Waals surface area contributed by atoms with Crippen LogP contribution in [0, 0.1) is 0 Å². The van der Waals surface area contributed by atoms with Crippen molar-refractivity contribution in [3.05, 3.63) is 35.4 Å². The molecule has 0 amide bonds. The predicted octanol–water partition coefficient (Wildman–Crippen LogP) is 3.76. The SMILES string of the molecule is CCCN(CCC)C(C)(Cc1ccc(CC)cc1)C(=O)O. The van der Waals surface area contributed by atoms with Crippen molar-refractivity contribution >= 4 is 5.97 Å². The molecule has 1 N–H and O–H groups in total. The molecule has 118 valence electrons. The van der Waals surface area contributed by atoms with Gasteiger partial charge in [0.2, 0.25) is 0 Å². The minimum atomic E-state index is -0.834. The van der Waals surface area contributed by atoms with Gasteiger partial charge >= 0.3 is 5.97 Å². The molecule has 1 atom stereocenters. The molecule has 1 unspecified atom stereocenters. The number of carboxylic acids is 1. The Hall–Kier alpha value is -1.35. The zero-order valence-corrected chi connectivity index (χ0v) is 13.9. The number of benzene rings is 1. The van der Waals surface area contributed by atoms with Crippen LogP contribution < -0.4 is 0 Å². The van der Waals surface area contributed by atoms with Crippen LogP contribution in [-0.2, 0) is 17.6 Å². The minimum absolute atomic E-state index is 0.548. The van der Waals surface area contributed by atoms with Gasteiger partial charge in [-0.2, -0.15) is 0 Å². The molecule has 1 aromatic carbocycles. The fourth-order valence-corrected chi connectivity index (χ4v) is 2.76. The summed E-state index contributed by atoms with van der Waals surface area (Å²) in [5.74, 6) is -0.732. The van der Waals surface area contributed by atoms with E-state index < -0.39 is 11.5 Å². The lowest BCUT2D eigenvalue weighted by atomic mass is 9.90. The Labute approximate surface area is 129 Å². The van der Waals surface area contributed by atoms with Crippen LogP contribution in [0.15, 0.2) is 24.3 Å². The summed E-state index contributed by atoms with van der Waals surface area (Å²) in [6, 6.07) is 8.33. The van der Waals surface area contributed by atoms with Crippen LogP contribution in [0.25, 0.3) is 0 Å². The number of hydrogen-bond acceptors (Lipinski definition) is 2. The summed E-state index contributed by atoms with van der Waals surface area (Å²) in [6.07, 6.45) is 3.50. The number of rotatable bonds is 9. The molecule has 0 aromatic heterocycles. The second kappa shape index (κ2) is 8.18. The number of nitrogens with zero attached hydrogens (tertiary/aromatic N) is 1. The van der Waals surface area contributed by atoms with Gasteiger partial charge in [0.1, 0.15) is 5.54 Å². The maximum absolute atomic E-state index is 11.9. The molecule has 1 rings (SSSR count). The van der Waals surface area contributed by atoms with Gasteiger partial charge in [-0.3, -0.25) is 9.69 Å². The van der Waals surface area contributed by atoms with Crippen LogP contribution in [0.5, 0.6) is 0 Å². The van der Waals surface area contributed by atoms with Crippen LogP contribution in [0.4, 0.5) is 0 Å². The summed E-state index contributed by atoms with van der Waals surface area (Å²) in [7, 11) is 0. The van der Waals surface area contributed by atoms with Crippen LogP contribution >= 0.6 is 0 Å². The van der Waals surface area contributed by atoms with Crippen LogP contribution in [0.3, 0.4) is 0 Å². The van der Waals surface area contributed by atoms with Crippen molar-refractivity contribution in [2.75, 3.05) is 13.1 Å². The first kappa shape index (κ1) is 17.7. The monoisotopic (exact) mass is 291 g/mol. The van der Waals surface area contributed by atoms with E-state index in [0.717, 1.165) is 37.9 Å². The molecule has 0 fully saturated rings. The third-order valence-corrected chi connectivity index (χ3v) is 4.13. The lowest BCUT2D eigenvalue weighted by Gasteiger charge is -2.38. The molecule has 3 heteroatoms. The van der Waals surface area contributed by atoms with E-state index in [1.807, 2.05) is 6.92 Å². The minimum Gasteiger partial charge on any atom is -0.480 e. The topological polar surface area (TPSA) is 40.5 Å². The number of carbonyl (C=O) groups is 1. The number of hydrogen-bond donors (Lipinski definition) is 1. The van der Waals surface area contributed by atoms with E-state index in [1.165, 1.54) is 5.56 Å². The standard InChI is InChI=1S/C18H29NO2/c1-5-12-19(13-6-2)18(4,17(20)21)14-16-10-8-15(7-3)9-11-16/h8-11H,5-7,12-14H2,1-4H3,(H,20,21). The molecule has 0 spiro atoms. The average molecular weight is 291 g/mol. The van der Waals surface area contributed by atoms with Gasteiger partial charge in [-0.15, -0.1) is 0 Å². The second-order valence-corrected chi connectivity index (χ2v) is 5.91. The smallest absolute Gasteiger partial charge is 0.324 e. The van der Waals surface area contributed by atoms with Gasteiger partial charge < -0.3 is 5.11 Å². The molecule has 0 aliphatic carbocycles. The quantitative estimate of drug-likeness (QED) is 0.753. The molecule has 0 aliphatic heterocycles. The third kappa shape index (κ3) is 4.57. The molecule has 0 bridgehead atoms. The summed E-state index contributed by atoms with van der Waals surface area (Å²) < 4.78 is 0. The second-order valence-electron chi connectivity index (χ2n) is 5.91. The van der Waals surface area contributed by atoms with E-state index in [9.17, 15) is 9.90 Å². The van der Waals surface area contributed by atoms with E-state index in [4.69, 9.17) is 0 Å². The molecule has 0 saturated carbocycles. The highest BCUT2D eigenvalue weighted by atomic mass is 16.4. The van der Waals surface area contributed by atoms with E-state index in [0.29, 0.717) is 6.42 Å². The molecule has 0 aliphatic rings. The summed E-state index contributed by atoms with van der Waals surface area (Å²) in [4.78, 5) is 14.0. The lowest BCUT2D eigenvalue weighted by Crippen LogP contribution is -2.54. The largest absolute Gasteiger partial charge is 0.480 e. The Morgan fingerprint density at radius 2 is 1.52 bits per heavy atom. The average Bonchev–Trinajstić information content (AvgIpc) is 2.47. The maximum atomic E-state index is 11.9. The lowest BCUT2D eigenvalue weighted by molar-refractivity contribution is -0.150. The molecule has 21 heavy (non-hydrogen) atoms. The van der Waals surface area contributed by atoms with Crippen molar-refractivity contribution in [2.45, 2.75) is 58.9 Å². The van der Waals surface area contributed by atoms with Gasteiger partial charge in [0.25, 0.3) is 0 Å². The number of aliphatic carboxylic acids is 1. The third-order valence-electron chi connectivity index (χ3n) is 4.13. The molecule has 0 heterocycles. The van der Waals surface area contributed by atoms with Gasteiger partial charge in [0.05, 0.1) is 0 Å². The first-order valence-electron chi connectivity index (χ1n) is 8.04. The zero-order chi connectivity index (χ0) is 15.9. The van der Waals surface area contributed by atoms with Crippen LogP contribution in [0.2, 0.25) is 0 Å². The summed E-state index contributed by atoms with van der Waals surface area (Å²) in [6.45, 7) is 9.82. The van der Waals surface area contributed by atoms with Crippen molar-refractivity contribution in [1.82, 2.24) is 4.90 Å². The highest BCUT2D eigenvalue weighted by molar-refractivity contribution is 5.78. The first-order valence-corrected chi connectivity index (χ1v) is 8.04. The van der Waals surface area contributed by atoms with Gasteiger partial charge in [0.15, 0.2) is 0 Å². The van der Waals surface area contributed by atoms with E-state index in [2.05, 4.69) is 49.9 Å². The van der Waals surface area contributed by atoms with Crippen molar-refractivity contribution in [2.24, 2.45) is 0 Å². The molecule has 1 aromatic rings. The van der Waals surface area contributed by atoms with Gasteiger partial charge in [0, 0.05) is 6.42 Å². The molecule has 0 radical (unpaired) electrons. The molecular formula is C18H29NO2. The van der Waals surface area contributed by atoms with Crippen LogP contribution in [-0.4, -0.2) is 34.6 Å². The van der Waals surface area contributed by atoms with Crippen molar-refractivity contribution in [3.63, 3.8) is 0 Å². The van der Waals surface area contributed by atoms with E-state index >= 15 is 0 Å². The zero-order valence-electron chi connectivity index (χ0n) is 13.9.